The minimum atomic E-state index is 0.0567. The Morgan fingerprint density at radius 2 is 2.09 bits per heavy atom. The Morgan fingerprint density at radius 1 is 1.55 bits per heavy atom. The van der Waals surface area contributed by atoms with E-state index in [4.69, 9.17) is 0 Å². The van der Waals surface area contributed by atoms with Gasteiger partial charge in [0.25, 0.3) is 0 Å². The van der Waals surface area contributed by atoms with Gasteiger partial charge in [-0.15, -0.1) is 0 Å². The largest absolute Gasteiger partial charge is 0.294 e. The number of carbonyl (C=O) groups excluding carboxylic acids is 1. The van der Waals surface area contributed by atoms with Gasteiger partial charge < -0.3 is 0 Å². The maximum absolute atomic E-state index is 10.7. The van der Waals surface area contributed by atoms with Crippen molar-refractivity contribution in [3.63, 3.8) is 0 Å². The van der Waals surface area contributed by atoms with Gasteiger partial charge in [0.05, 0.1) is 11.8 Å². The van der Waals surface area contributed by atoms with Crippen molar-refractivity contribution < 1.29 is 4.79 Å². The van der Waals surface area contributed by atoms with E-state index in [1.807, 2.05) is 20.8 Å². The van der Waals surface area contributed by atoms with Crippen LogP contribution in [0, 0.1) is 6.92 Å². The van der Waals surface area contributed by atoms with Gasteiger partial charge in [0.15, 0.2) is 5.78 Å². The number of hydrogen-bond donors (Lipinski definition) is 1. The second-order valence-corrected chi connectivity index (χ2v) is 1.96. The van der Waals surface area contributed by atoms with Crippen LogP contribution in [-0.2, 0) is 0 Å². The second-order valence-electron chi connectivity index (χ2n) is 1.96. The van der Waals surface area contributed by atoms with E-state index in [0.717, 1.165) is 5.69 Å². The summed E-state index contributed by atoms with van der Waals surface area (Å²) in [5.41, 5.74) is 1.51. The lowest BCUT2D eigenvalue weighted by atomic mass is 10.2. The van der Waals surface area contributed by atoms with Gasteiger partial charge in [-0.3, -0.25) is 9.89 Å². The third-order valence-electron chi connectivity index (χ3n) is 1.21. The maximum atomic E-state index is 10.7. The van der Waals surface area contributed by atoms with E-state index in [1.54, 1.807) is 0 Å². The average Bonchev–Trinajstić information content (AvgIpc) is 2.39. The maximum Gasteiger partial charge on any atom is 0.163 e. The molecule has 0 spiro atoms. The SMILES string of the molecule is CC.CC(=O)c1cn[nH]c1C. The molecule has 1 aromatic heterocycles. The van der Waals surface area contributed by atoms with E-state index >= 15 is 0 Å². The highest BCUT2D eigenvalue weighted by Gasteiger charge is 2.02. The number of hydrogen-bond acceptors (Lipinski definition) is 2. The van der Waals surface area contributed by atoms with E-state index < -0.39 is 0 Å². The Labute approximate surface area is 66.8 Å². The Kier molecular flexibility index (Phi) is 4.18. The Bertz CT molecular complexity index is 228. The fourth-order valence-electron chi connectivity index (χ4n) is 0.706. The summed E-state index contributed by atoms with van der Waals surface area (Å²) in [4.78, 5) is 10.7. The molecule has 0 unspecified atom stereocenters. The molecular weight excluding hydrogens is 140 g/mol. The number of Topliss-reactive ketones (excluding diaryl/α,β-unsaturated/α-hetero) is 1. The van der Waals surface area contributed by atoms with Gasteiger partial charge in [0.1, 0.15) is 0 Å². The number of carbonyl (C=O) groups is 1. The van der Waals surface area contributed by atoms with E-state index in [-0.39, 0.29) is 5.78 Å². The number of ketones is 1. The highest BCUT2D eigenvalue weighted by molar-refractivity contribution is 5.94. The average molecular weight is 154 g/mol. The third kappa shape index (κ3) is 2.53. The number of nitrogens with one attached hydrogen (secondary N) is 1. The zero-order valence-corrected chi connectivity index (χ0v) is 7.43. The number of rotatable bonds is 1. The normalized spacial score (nSPS) is 8.36. The highest BCUT2D eigenvalue weighted by atomic mass is 16.1. The molecule has 1 heterocycles. The molecule has 62 valence electrons. The van der Waals surface area contributed by atoms with Crippen LogP contribution in [0.4, 0.5) is 0 Å². The van der Waals surface area contributed by atoms with E-state index in [2.05, 4.69) is 10.2 Å². The topological polar surface area (TPSA) is 45.8 Å². The Hall–Kier alpha value is -1.12. The molecule has 0 bridgehead atoms. The fourth-order valence-corrected chi connectivity index (χ4v) is 0.706. The minimum Gasteiger partial charge on any atom is -0.294 e. The van der Waals surface area contributed by atoms with Crippen molar-refractivity contribution in [2.75, 3.05) is 0 Å². The molecule has 3 heteroatoms. The fraction of sp³-hybridized carbons (Fsp3) is 0.500. The van der Waals surface area contributed by atoms with E-state index in [0.29, 0.717) is 5.56 Å². The van der Waals surface area contributed by atoms with Gasteiger partial charge in [-0.2, -0.15) is 5.10 Å². The van der Waals surface area contributed by atoms with Crippen LogP contribution in [0.2, 0.25) is 0 Å². The monoisotopic (exact) mass is 154 g/mol. The van der Waals surface area contributed by atoms with Gasteiger partial charge in [-0.1, -0.05) is 13.8 Å². The predicted molar refractivity (Wildman–Crippen MR) is 44.7 cm³/mol. The second kappa shape index (κ2) is 4.66. The van der Waals surface area contributed by atoms with Crippen LogP contribution in [0.15, 0.2) is 6.20 Å². The molecule has 0 aliphatic carbocycles. The quantitative estimate of drug-likeness (QED) is 0.628. The standard InChI is InChI=1S/C6H8N2O.C2H6/c1-4-6(5(2)9)3-7-8-4;1-2/h3H,1-2H3,(H,7,8);1-2H3. The molecule has 0 radical (unpaired) electrons. The first kappa shape index (κ1) is 9.88. The molecule has 1 rings (SSSR count). The van der Waals surface area contributed by atoms with E-state index in [1.165, 1.54) is 13.1 Å². The molecule has 0 fully saturated rings. The zero-order chi connectivity index (χ0) is 8.85. The summed E-state index contributed by atoms with van der Waals surface area (Å²) in [5, 5.41) is 6.38. The smallest absolute Gasteiger partial charge is 0.163 e. The predicted octanol–water partition coefficient (Wildman–Crippen LogP) is 1.95. The molecule has 0 aliphatic heterocycles. The van der Waals surface area contributed by atoms with Crippen LogP contribution < -0.4 is 0 Å². The lowest BCUT2D eigenvalue weighted by molar-refractivity contribution is 0.101. The van der Waals surface area contributed by atoms with Crippen LogP contribution in [0.25, 0.3) is 0 Å². The molecule has 0 aliphatic rings. The molecule has 0 saturated carbocycles. The first-order valence-electron chi connectivity index (χ1n) is 3.72. The van der Waals surface area contributed by atoms with Crippen LogP contribution in [0.3, 0.4) is 0 Å². The lowest BCUT2D eigenvalue weighted by Gasteiger charge is -1.86. The summed E-state index contributed by atoms with van der Waals surface area (Å²) in [5.74, 6) is 0.0567. The number of aromatic amines is 1. The third-order valence-corrected chi connectivity index (χ3v) is 1.21. The molecule has 1 aromatic rings. The van der Waals surface area contributed by atoms with Crippen LogP contribution >= 0.6 is 0 Å². The van der Waals surface area contributed by atoms with Crippen molar-refractivity contribution in [1.82, 2.24) is 10.2 Å². The van der Waals surface area contributed by atoms with Crippen LogP contribution in [-0.4, -0.2) is 16.0 Å². The summed E-state index contributed by atoms with van der Waals surface area (Å²) in [6, 6.07) is 0. The van der Waals surface area contributed by atoms with Crippen LogP contribution in [0.5, 0.6) is 0 Å². The molecular formula is C8H14N2O. The minimum absolute atomic E-state index is 0.0567. The first-order valence-corrected chi connectivity index (χ1v) is 3.72. The Morgan fingerprint density at radius 3 is 2.27 bits per heavy atom. The molecule has 11 heavy (non-hydrogen) atoms. The lowest BCUT2D eigenvalue weighted by Crippen LogP contribution is -1.90. The summed E-state index contributed by atoms with van der Waals surface area (Å²) >= 11 is 0. The van der Waals surface area contributed by atoms with Crippen LogP contribution in [0.1, 0.15) is 36.8 Å². The molecule has 0 aromatic carbocycles. The zero-order valence-electron chi connectivity index (χ0n) is 7.43. The highest BCUT2D eigenvalue weighted by Crippen LogP contribution is 2.01. The van der Waals surface area contributed by atoms with Crippen molar-refractivity contribution >= 4 is 5.78 Å². The van der Waals surface area contributed by atoms with Crippen molar-refractivity contribution in [2.24, 2.45) is 0 Å². The molecule has 0 atom stereocenters. The molecule has 0 amide bonds. The molecule has 3 nitrogen and oxygen atoms in total. The first-order chi connectivity index (χ1) is 5.22. The van der Waals surface area contributed by atoms with Gasteiger partial charge in [-0.25, -0.2) is 0 Å². The van der Waals surface area contributed by atoms with Gasteiger partial charge >= 0.3 is 0 Å². The number of aryl methyl sites for hydroxylation is 1. The van der Waals surface area contributed by atoms with Crippen molar-refractivity contribution in [2.45, 2.75) is 27.7 Å². The van der Waals surface area contributed by atoms with Gasteiger partial charge in [0, 0.05) is 5.69 Å². The molecule has 1 N–H and O–H groups in total. The number of nitrogens with zero attached hydrogens (tertiary/aromatic N) is 1. The summed E-state index contributed by atoms with van der Waals surface area (Å²) in [7, 11) is 0. The summed E-state index contributed by atoms with van der Waals surface area (Å²) < 4.78 is 0. The van der Waals surface area contributed by atoms with Crippen molar-refractivity contribution in [1.29, 1.82) is 0 Å². The summed E-state index contributed by atoms with van der Waals surface area (Å²) in [6.07, 6.45) is 1.54. The van der Waals surface area contributed by atoms with Crippen molar-refractivity contribution in [3.8, 4) is 0 Å². The Balaban J connectivity index is 0.000000461. The van der Waals surface area contributed by atoms with Gasteiger partial charge in [0.2, 0.25) is 0 Å². The van der Waals surface area contributed by atoms with Gasteiger partial charge in [-0.05, 0) is 13.8 Å². The van der Waals surface area contributed by atoms with E-state index in [9.17, 15) is 4.79 Å². The number of H-pyrrole nitrogens is 1. The van der Waals surface area contributed by atoms with Crippen molar-refractivity contribution in [3.05, 3.63) is 17.5 Å². The molecule has 0 saturated heterocycles. The number of aromatic nitrogens is 2. The summed E-state index contributed by atoms with van der Waals surface area (Å²) in [6.45, 7) is 7.35.